The normalized spacial score (nSPS) is 37.4. The van der Waals surface area contributed by atoms with Crippen molar-refractivity contribution >= 4 is 0 Å². The monoisotopic (exact) mass is 140 g/mol. The number of ether oxygens (including phenoxy) is 1. The molecule has 0 saturated heterocycles. The van der Waals surface area contributed by atoms with E-state index in [-0.39, 0.29) is 0 Å². The van der Waals surface area contributed by atoms with Crippen LogP contribution in [0.25, 0.3) is 0 Å². The quantitative estimate of drug-likeness (QED) is 0.502. The lowest BCUT2D eigenvalue weighted by atomic mass is 9.98. The lowest BCUT2D eigenvalue weighted by molar-refractivity contribution is 0.100. The van der Waals surface area contributed by atoms with Crippen molar-refractivity contribution in [1.82, 2.24) is 0 Å². The first-order chi connectivity index (χ1) is 4.80. The summed E-state index contributed by atoms with van der Waals surface area (Å²) < 4.78 is 5.41. The van der Waals surface area contributed by atoms with Gasteiger partial charge in [0.2, 0.25) is 0 Å². The van der Waals surface area contributed by atoms with Gasteiger partial charge >= 0.3 is 0 Å². The molecule has 2 unspecified atom stereocenters. The van der Waals surface area contributed by atoms with Crippen LogP contribution in [0.15, 0.2) is 12.3 Å². The van der Waals surface area contributed by atoms with Gasteiger partial charge in [0.25, 0.3) is 0 Å². The predicted octanol–water partition coefficient (Wildman–Crippen LogP) is 2.73. The minimum atomic E-state index is 0.400. The van der Waals surface area contributed by atoms with Crippen LogP contribution in [0.5, 0.6) is 0 Å². The molecule has 10 heavy (non-hydrogen) atoms. The fraction of sp³-hybridized carbons (Fsp3) is 0.778. The first kappa shape index (κ1) is 7.64. The molecule has 2 atom stereocenters. The van der Waals surface area contributed by atoms with Gasteiger partial charge in [0.15, 0.2) is 0 Å². The highest BCUT2D eigenvalue weighted by atomic mass is 16.5. The average molecular weight is 140 g/mol. The van der Waals surface area contributed by atoms with Gasteiger partial charge in [-0.2, -0.15) is 0 Å². The zero-order chi connectivity index (χ0) is 7.40. The second-order valence-corrected chi connectivity index (χ2v) is 3.12. The summed E-state index contributed by atoms with van der Waals surface area (Å²) in [5.41, 5.74) is 0. The maximum absolute atomic E-state index is 5.41. The summed E-state index contributed by atoms with van der Waals surface area (Å²) in [7, 11) is 0. The van der Waals surface area contributed by atoms with E-state index in [9.17, 15) is 0 Å². The Morgan fingerprint density at radius 1 is 1.40 bits per heavy atom. The van der Waals surface area contributed by atoms with Crippen molar-refractivity contribution in [2.45, 2.75) is 39.2 Å². The molecule has 0 bridgehead atoms. The summed E-state index contributed by atoms with van der Waals surface area (Å²) in [6.07, 6.45) is 8.15. The fourth-order valence-electron chi connectivity index (χ4n) is 1.17. The summed E-state index contributed by atoms with van der Waals surface area (Å²) in [6, 6.07) is 0. The van der Waals surface area contributed by atoms with Gasteiger partial charge in [0, 0.05) is 0 Å². The molecule has 0 aromatic carbocycles. The van der Waals surface area contributed by atoms with E-state index in [0.29, 0.717) is 12.0 Å². The highest BCUT2D eigenvalue weighted by molar-refractivity contribution is 4.78. The summed E-state index contributed by atoms with van der Waals surface area (Å²) in [5.74, 6) is 0.713. The van der Waals surface area contributed by atoms with Crippen LogP contribution in [-0.2, 0) is 4.74 Å². The Bertz CT molecular complexity index is 118. The highest BCUT2D eigenvalue weighted by Crippen LogP contribution is 2.17. The van der Waals surface area contributed by atoms with Crippen molar-refractivity contribution in [2.24, 2.45) is 5.92 Å². The Morgan fingerprint density at radius 2 is 2.20 bits per heavy atom. The van der Waals surface area contributed by atoms with Crippen molar-refractivity contribution in [3.8, 4) is 0 Å². The minimum Gasteiger partial charge on any atom is -0.498 e. The highest BCUT2D eigenvalue weighted by Gasteiger charge is 2.12. The third-order valence-corrected chi connectivity index (χ3v) is 2.22. The van der Waals surface area contributed by atoms with Crippen LogP contribution in [0.1, 0.15) is 33.1 Å². The van der Waals surface area contributed by atoms with E-state index in [1.807, 2.05) is 6.26 Å². The Labute approximate surface area is 63.1 Å². The molecule has 0 saturated carbocycles. The molecule has 0 N–H and O–H groups in total. The van der Waals surface area contributed by atoms with Crippen LogP contribution < -0.4 is 0 Å². The van der Waals surface area contributed by atoms with E-state index in [2.05, 4.69) is 19.9 Å². The van der Waals surface area contributed by atoms with Gasteiger partial charge in [-0.25, -0.2) is 0 Å². The van der Waals surface area contributed by atoms with Crippen molar-refractivity contribution in [1.29, 1.82) is 0 Å². The topological polar surface area (TPSA) is 9.23 Å². The lowest BCUT2D eigenvalue weighted by Gasteiger charge is -2.20. The molecule has 0 spiro atoms. The van der Waals surface area contributed by atoms with E-state index >= 15 is 0 Å². The number of hydrogen-bond acceptors (Lipinski definition) is 1. The first-order valence-electron chi connectivity index (χ1n) is 4.11. The van der Waals surface area contributed by atoms with Gasteiger partial charge in [0.1, 0.15) is 0 Å². The Morgan fingerprint density at radius 3 is 3.00 bits per heavy atom. The third-order valence-electron chi connectivity index (χ3n) is 2.22. The molecule has 0 amide bonds. The molecule has 0 radical (unpaired) electrons. The van der Waals surface area contributed by atoms with Crippen LogP contribution in [-0.4, -0.2) is 6.10 Å². The molecular weight excluding hydrogens is 124 g/mol. The van der Waals surface area contributed by atoms with E-state index in [1.165, 1.54) is 19.3 Å². The summed E-state index contributed by atoms with van der Waals surface area (Å²) in [4.78, 5) is 0. The van der Waals surface area contributed by atoms with Gasteiger partial charge in [-0.15, -0.1) is 0 Å². The van der Waals surface area contributed by atoms with Crippen LogP contribution in [0.2, 0.25) is 0 Å². The standard InChI is InChI=1S/C9H16O/c1-8-6-4-3-5-7-10-9(8)2/h5,7-9H,3-4,6H2,1-2H3/b7-5-. The van der Waals surface area contributed by atoms with Gasteiger partial charge in [-0.1, -0.05) is 6.92 Å². The molecule has 1 aliphatic rings. The second kappa shape index (κ2) is 3.65. The predicted molar refractivity (Wildman–Crippen MR) is 42.7 cm³/mol. The smallest absolute Gasteiger partial charge is 0.0975 e. The maximum Gasteiger partial charge on any atom is 0.0975 e. The van der Waals surface area contributed by atoms with Gasteiger partial charge in [0.05, 0.1) is 12.4 Å². The van der Waals surface area contributed by atoms with Crippen molar-refractivity contribution < 1.29 is 4.74 Å². The maximum atomic E-state index is 5.41. The zero-order valence-corrected chi connectivity index (χ0v) is 6.84. The Balaban J connectivity index is 2.41. The van der Waals surface area contributed by atoms with Crippen molar-refractivity contribution in [3.05, 3.63) is 12.3 Å². The van der Waals surface area contributed by atoms with E-state index < -0.39 is 0 Å². The molecular formula is C9H16O. The van der Waals surface area contributed by atoms with Gasteiger partial charge < -0.3 is 4.74 Å². The number of rotatable bonds is 0. The average Bonchev–Trinajstić information content (AvgIpc) is 1.92. The summed E-state index contributed by atoms with van der Waals surface area (Å²) in [6.45, 7) is 4.39. The summed E-state index contributed by atoms with van der Waals surface area (Å²) >= 11 is 0. The van der Waals surface area contributed by atoms with Crippen LogP contribution in [0.3, 0.4) is 0 Å². The molecule has 0 aromatic heterocycles. The fourth-order valence-corrected chi connectivity index (χ4v) is 1.17. The molecule has 0 fully saturated rings. The first-order valence-corrected chi connectivity index (χ1v) is 4.11. The molecule has 1 heterocycles. The minimum absolute atomic E-state index is 0.400. The molecule has 0 aromatic rings. The van der Waals surface area contributed by atoms with Gasteiger partial charge in [-0.05, 0) is 38.2 Å². The molecule has 1 rings (SSSR count). The van der Waals surface area contributed by atoms with E-state index in [0.717, 1.165) is 0 Å². The molecule has 1 aliphatic heterocycles. The van der Waals surface area contributed by atoms with E-state index in [1.54, 1.807) is 0 Å². The summed E-state index contributed by atoms with van der Waals surface area (Å²) in [5, 5.41) is 0. The number of allylic oxidation sites excluding steroid dienone is 1. The van der Waals surface area contributed by atoms with Gasteiger partial charge in [-0.3, -0.25) is 0 Å². The van der Waals surface area contributed by atoms with E-state index in [4.69, 9.17) is 4.74 Å². The lowest BCUT2D eigenvalue weighted by Crippen LogP contribution is -2.16. The molecule has 1 heteroatoms. The van der Waals surface area contributed by atoms with Crippen molar-refractivity contribution in [3.63, 3.8) is 0 Å². The number of hydrogen-bond donors (Lipinski definition) is 0. The Hall–Kier alpha value is -0.460. The zero-order valence-electron chi connectivity index (χ0n) is 6.84. The van der Waals surface area contributed by atoms with Crippen LogP contribution >= 0.6 is 0 Å². The third kappa shape index (κ3) is 2.05. The van der Waals surface area contributed by atoms with Crippen molar-refractivity contribution in [2.75, 3.05) is 0 Å². The second-order valence-electron chi connectivity index (χ2n) is 3.12. The molecule has 58 valence electrons. The largest absolute Gasteiger partial charge is 0.498 e. The molecule has 0 aliphatic carbocycles. The molecule has 1 nitrogen and oxygen atoms in total. The SMILES string of the molecule is CC1CCC/C=C\OC1C. The van der Waals surface area contributed by atoms with Crippen LogP contribution in [0, 0.1) is 5.92 Å². The van der Waals surface area contributed by atoms with Crippen LogP contribution in [0.4, 0.5) is 0 Å². The Kier molecular flexibility index (Phi) is 2.79.